The maximum absolute atomic E-state index is 12.6. The first-order valence-corrected chi connectivity index (χ1v) is 8.88. The fourth-order valence-electron chi connectivity index (χ4n) is 2.53. The minimum Gasteiger partial charge on any atom is -0.359 e. The third-order valence-corrected chi connectivity index (χ3v) is 5.38. The van der Waals surface area contributed by atoms with Gasteiger partial charge in [0.25, 0.3) is 0 Å². The fourth-order valence-corrected chi connectivity index (χ4v) is 3.87. The summed E-state index contributed by atoms with van der Waals surface area (Å²) < 4.78 is 25.1. The number of hydrogen-bond acceptors (Lipinski definition) is 5. The van der Waals surface area contributed by atoms with Crippen molar-refractivity contribution in [3.05, 3.63) is 60.7 Å². The summed E-state index contributed by atoms with van der Waals surface area (Å²) in [5.74, 6) is -0.0737. The minimum atomic E-state index is -3.45. The van der Waals surface area contributed by atoms with Crippen LogP contribution in [0.2, 0.25) is 0 Å². The summed E-state index contributed by atoms with van der Waals surface area (Å²) in [6.07, 6.45) is 6.32. The van der Waals surface area contributed by atoms with Gasteiger partial charge in [0.05, 0.1) is 16.3 Å². The molecule has 0 saturated heterocycles. The summed E-state index contributed by atoms with van der Waals surface area (Å²) in [6, 6.07) is 8.67. The molecule has 4 aromatic rings. The Labute approximate surface area is 137 Å². The molecule has 0 atom stereocenters. The fraction of sp³-hybridized carbons (Fsp3) is 0.0625. The van der Waals surface area contributed by atoms with Crippen LogP contribution in [0.5, 0.6) is 0 Å². The van der Waals surface area contributed by atoms with Crippen LogP contribution in [0.25, 0.3) is 22.4 Å². The Bertz CT molecular complexity index is 1100. The molecule has 0 amide bonds. The lowest BCUT2D eigenvalue weighted by Gasteiger charge is -2.01. The summed E-state index contributed by atoms with van der Waals surface area (Å²) >= 11 is 0. The Morgan fingerprint density at radius 3 is 2.75 bits per heavy atom. The second kappa shape index (κ2) is 5.57. The molecule has 0 bridgehead atoms. The lowest BCUT2D eigenvalue weighted by atomic mass is 10.2. The first-order chi connectivity index (χ1) is 11.6. The molecule has 0 radical (unpaired) electrons. The maximum Gasteiger partial charge on any atom is 0.184 e. The van der Waals surface area contributed by atoms with Crippen LogP contribution >= 0.6 is 0 Å². The number of nitrogens with one attached hydrogen (secondary N) is 2. The van der Waals surface area contributed by atoms with Gasteiger partial charge in [0, 0.05) is 30.2 Å². The highest BCUT2D eigenvalue weighted by Gasteiger charge is 2.19. The van der Waals surface area contributed by atoms with E-state index < -0.39 is 9.84 Å². The van der Waals surface area contributed by atoms with E-state index in [0.29, 0.717) is 22.6 Å². The maximum atomic E-state index is 12.6. The molecule has 0 saturated carbocycles. The molecule has 0 spiro atoms. The van der Waals surface area contributed by atoms with Crippen LogP contribution in [0, 0.1) is 0 Å². The highest BCUT2D eigenvalue weighted by molar-refractivity contribution is 7.90. The Morgan fingerprint density at radius 1 is 1.08 bits per heavy atom. The largest absolute Gasteiger partial charge is 0.359 e. The van der Waals surface area contributed by atoms with Crippen molar-refractivity contribution in [1.29, 1.82) is 0 Å². The van der Waals surface area contributed by atoms with Crippen LogP contribution in [-0.4, -0.2) is 33.6 Å². The SMILES string of the molecule is O=S(=O)(Cc1ccncc1)c1c[nH]c(-c2n[nH]c3ncccc23)c1. The van der Waals surface area contributed by atoms with Crippen molar-refractivity contribution in [2.75, 3.05) is 0 Å². The quantitative estimate of drug-likeness (QED) is 0.594. The van der Waals surface area contributed by atoms with Gasteiger partial charge in [-0.2, -0.15) is 5.10 Å². The molecule has 120 valence electrons. The number of pyridine rings is 2. The van der Waals surface area contributed by atoms with Crippen LogP contribution in [0.3, 0.4) is 0 Å². The van der Waals surface area contributed by atoms with Crippen LogP contribution in [0.4, 0.5) is 0 Å². The van der Waals surface area contributed by atoms with E-state index >= 15 is 0 Å². The molecule has 4 heterocycles. The number of hydrogen-bond donors (Lipinski definition) is 2. The van der Waals surface area contributed by atoms with Crippen molar-refractivity contribution in [2.45, 2.75) is 10.6 Å². The van der Waals surface area contributed by atoms with E-state index in [2.05, 4.69) is 25.1 Å². The second-order valence-corrected chi connectivity index (χ2v) is 7.32. The number of fused-ring (bicyclic) bond motifs is 1. The van der Waals surface area contributed by atoms with E-state index in [1.807, 2.05) is 12.1 Å². The van der Waals surface area contributed by atoms with Gasteiger partial charge in [-0.15, -0.1) is 0 Å². The van der Waals surface area contributed by atoms with E-state index in [1.165, 1.54) is 6.20 Å². The molecule has 7 nitrogen and oxygen atoms in total. The first-order valence-electron chi connectivity index (χ1n) is 7.23. The van der Waals surface area contributed by atoms with E-state index in [9.17, 15) is 8.42 Å². The topological polar surface area (TPSA) is 104 Å². The number of H-pyrrole nitrogens is 2. The zero-order valence-corrected chi connectivity index (χ0v) is 13.3. The molecule has 0 fully saturated rings. The van der Waals surface area contributed by atoms with Gasteiger partial charge in [0.1, 0.15) is 5.69 Å². The number of sulfone groups is 1. The van der Waals surface area contributed by atoms with E-state index in [-0.39, 0.29) is 10.6 Å². The third kappa shape index (κ3) is 2.56. The molecule has 4 aromatic heterocycles. The van der Waals surface area contributed by atoms with E-state index in [4.69, 9.17) is 0 Å². The van der Waals surface area contributed by atoms with Gasteiger partial charge in [-0.3, -0.25) is 10.1 Å². The Balaban J connectivity index is 1.70. The number of rotatable bonds is 4. The predicted molar refractivity (Wildman–Crippen MR) is 88.8 cm³/mol. The smallest absolute Gasteiger partial charge is 0.184 e. The molecular weight excluding hydrogens is 326 g/mol. The van der Waals surface area contributed by atoms with Crippen molar-refractivity contribution in [2.24, 2.45) is 0 Å². The van der Waals surface area contributed by atoms with Gasteiger partial charge in [-0.05, 0) is 35.9 Å². The van der Waals surface area contributed by atoms with Crippen LogP contribution in [0.15, 0.2) is 60.0 Å². The predicted octanol–water partition coefficient (Wildman–Crippen LogP) is 2.32. The number of aromatic amines is 2. The Morgan fingerprint density at radius 2 is 1.92 bits per heavy atom. The van der Waals surface area contributed by atoms with Gasteiger partial charge in [0.15, 0.2) is 15.5 Å². The van der Waals surface area contributed by atoms with Gasteiger partial charge < -0.3 is 4.98 Å². The van der Waals surface area contributed by atoms with E-state index in [0.717, 1.165) is 5.39 Å². The lowest BCUT2D eigenvalue weighted by Crippen LogP contribution is -2.03. The highest BCUT2D eigenvalue weighted by atomic mass is 32.2. The van der Waals surface area contributed by atoms with Crippen molar-refractivity contribution in [3.63, 3.8) is 0 Å². The molecule has 24 heavy (non-hydrogen) atoms. The van der Waals surface area contributed by atoms with Crippen molar-refractivity contribution < 1.29 is 8.42 Å². The number of aromatic nitrogens is 5. The third-order valence-electron chi connectivity index (χ3n) is 3.71. The summed E-state index contributed by atoms with van der Waals surface area (Å²) in [5, 5.41) is 7.89. The highest BCUT2D eigenvalue weighted by Crippen LogP contribution is 2.27. The molecular formula is C16H13N5O2S. The summed E-state index contributed by atoms with van der Waals surface area (Å²) in [6.45, 7) is 0. The molecule has 0 aromatic carbocycles. The van der Waals surface area contributed by atoms with E-state index in [1.54, 1.807) is 36.8 Å². The summed E-state index contributed by atoms with van der Waals surface area (Å²) in [5.41, 5.74) is 2.62. The van der Waals surface area contributed by atoms with Gasteiger partial charge >= 0.3 is 0 Å². The number of nitrogens with zero attached hydrogens (tertiary/aromatic N) is 3. The summed E-state index contributed by atoms with van der Waals surface area (Å²) in [7, 11) is -3.45. The second-order valence-electron chi connectivity index (χ2n) is 5.34. The van der Waals surface area contributed by atoms with Gasteiger partial charge in [0.2, 0.25) is 0 Å². The monoisotopic (exact) mass is 339 g/mol. The Hall–Kier alpha value is -3.00. The standard InChI is InChI=1S/C16H13N5O2S/c22-24(23,10-11-3-6-17-7-4-11)12-8-14(19-9-12)15-13-2-1-5-18-16(13)21-20-15/h1-9,19H,10H2,(H,18,20,21). The first kappa shape index (κ1) is 14.6. The molecule has 0 aliphatic heterocycles. The normalized spacial score (nSPS) is 11.8. The molecule has 8 heteroatoms. The Kier molecular flexibility index (Phi) is 3.39. The average Bonchev–Trinajstić information content (AvgIpc) is 3.22. The van der Waals surface area contributed by atoms with Gasteiger partial charge in [-0.25, -0.2) is 13.4 Å². The zero-order chi connectivity index (χ0) is 16.6. The van der Waals surface area contributed by atoms with Crippen molar-refractivity contribution in [3.8, 4) is 11.4 Å². The van der Waals surface area contributed by atoms with Crippen LogP contribution in [0.1, 0.15) is 5.56 Å². The summed E-state index contributed by atoms with van der Waals surface area (Å²) in [4.78, 5) is 11.3. The molecule has 4 rings (SSSR count). The van der Waals surface area contributed by atoms with Crippen molar-refractivity contribution in [1.82, 2.24) is 25.1 Å². The average molecular weight is 339 g/mol. The van der Waals surface area contributed by atoms with Crippen LogP contribution in [-0.2, 0) is 15.6 Å². The van der Waals surface area contributed by atoms with Crippen molar-refractivity contribution >= 4 is 20.9 Å². The van der Waals surface area contributed by atoms with Crippen LogP contribution < -0.4 is 0 Å². The molecule has 0 unspecified atom stereocenters. The van der Waals surface area contributed by atoms with Gasteiger partial charge in [-0.1, -0.05) is 0 Å². The molecule has 0 aliphatic rings. The minimum absolute atomic E-state index is 0.0737. The lowest BCUT2D eigenvalue weighted by molar-refractivity contribution is 0.595. The molecule has 2 N–H and O–H groups in total. The zero-order valence-electron chi connectivity index (χ0n) is 12.5. The molecule has 0 aliphatic carbocycles.